The first-order valence-electron chi connectivity index (χ1n) is 13.3. The molecule has 0 atom stereocenters. The van der Waals surface area contributed by atoms with Gasteiger partial charge in [-0.05, 0) is 69.6 Å². The number of rotatable bonds is 3. The molecule has 2 nitrogen and oxygen atoms in total. The highest BCUT2D eigenvalue weighted by Crippen LogP contribution is 2.40. The summed E-state index contributed by atoms with van der Waals surface area (Å²) in [7, 11) is 0. The Morgan fingerprint density at radius 2 is 1.08 bits per heavy atom. The zero-order valence-corrected chi connectivity index (χ0v) is 21.1. The summed E-state index contributed by atoms with van der Waals surface area (Å²) in [4.78, 5) is 0. The third-order valence-electron chi connectivity index (χ3n) is 8.01. The third kappa shape index (κ3) is 2.95. The van der Waals surface area contributed by atoms with Crippen LogP contribution in [0, 0.1) is 0 Å². The highest BCUT2D eigenvalue weighted by Gasteiger charge is 2.17. The van der Waals surface area contributed by atoms with Crippen molar-refractivity contribution in [3.05, 3.63) is 121 Å². The highest BCUT2D eigenvalue weighted by atomic mass is 16.3. The van der Waals surface area contributed by atoms with Crippen LogP contribution >= 0.6 is 0 Å². The molecule has 0 aliphatic rings. The largest absolute Gasteiger partial charge is 0.456 e. The average Bonchev–Trinajstić information content (AvgIpc) is 3.60. The molecule has 8 aromatic rings. The summed E-state index contributed by atoms with van der Waals surface area (Å²) in [5, 5.41) is 10.2. The smallest absolute Gasteiger partial charge is 0.136 e. The molecule has 2 heterocycles. The molecule has 0 saturated heterocycles. The Balaban J connectivity index is 1.33. The maximum absolute atomic E-state index is 6.59. The van der Waals surface area contributed by atoms with Crippen molar-refractivity contribution in [3.63, 3.8) is 0 Å². The summed E-state index contributed by atoms with van der Waals surface area (Å²) in [6.45, 7) is 3.11. The van der Waals surface area contributed by atoms with Crippen molar-refractivity contribution < 1.29 is 4.42 Å². The van der Waals surface area contributed by atoms with Gasteiger partial charge in [0.1, 0.15) is 11.5 Å². The molecule has 0 aliphatic carbocycles. The van der Waals surface area contributed by atoms with Gasteiger partial charge >= 0.3 is 0 Å². The number of benzene rings is 6. The minimum Gasteiger partial charge on any atom is -0.456 e. The Morgan fingerprint density at radius 3 is 1.79 bits per heavy atom. The monoisotopic (exact) mass is 487 g/mol. The van der Waals surface area contributed by atoms with Crippen LogP contribution in [-0.2, 0) is 6.54 Å². The average molecular weight is 488 g/mol. The normalized spacial score (nSPS) is 11.9. The maximum Gasteiger partial charge on any atom is 0.136 e. The molecule has 0 radical (unpaired) electrons. The number of hydrogen-bond acceptors (Lipinski definition) is 1. The fraction of sp³-hybridized carbons (Fsp3) is 0.0556. The molecule has 0 N–H and O–H groups in total. The van der Waals surface area contributed by atoms with E-state index in [1.54, 1.807) is 0 Å². The van der Waals surface area contributed by atoms with Crippen molar-refractivity contribution in [2.24, 2.45) is 0 Å². The Kier molecular flexibility index (Phi) is 4.53. The van der Waals surface area contributed by atoms with E-state index in [9.17, 15) is 0 Å². The number of hydrogen-bond donors (Lipinski definition) is 0. The van der Waals surface area contributed by atoms with Gasteiger partial charge in [0.25, 0.3) is 0 Å². The van der Waals surface area contributed by atoms with E-state index in [0.717, 1.165) is 29.2 Å². The molecule has 0 spiro atoms. The maximum atomic E-state index is 6.59. The summed E-state index contributed by atoms with van der Waals surface area (Å²) >= 11 is 0. The topological polar surface area (TPSA) is 18.1 Å². The van der Waals surface area contributed by atoms with E-state index in [0.29, 0.717) is 0 Å². The van der Waals surface area contributed by atoms with Crippen LogP contribution in [0.2, 0.25) is 0 Å². The van der Waals surface area contributed by atoms with Crippen molar-refractivity contribution in [2.75, 3.05) is 0 Å². The number of aryl methyl sites for hydroxylation is 1. The number of fused-ring (bicyclic) bond motifs is 9. The van der Waals surface area contributed by atoms with Gasteiger partial charge in [-0.2, -0.15) is 0 Å². The summed E-state index contributed by atoms with van der Waals surface area (Å²) in [6.07, 6.45) is 0. The molecule has 0 aliphatic heterocycles. The van der Waals surface area contributed by atoms with E-state index in [-0.39, 0.29) is 0 Å². The van der Waals surface area contributed by atoms with E-state index in [2.05, 4.69) is 133 Å². The fourth-order valence-electron chi connectivity index (χ4n) is 6.33. The Bertz CT molecular complexity index is 2140. The van der Waals surface area contributed by atoms with Gasteiger partial charge in [-0.1, -0.05) is 91.0 Å². The quantitative estimate of drug-likeness (QED) is 0.227. The first-order valence-corrected chi connectivity index (χ1v) is 13.3. The SMILES string of the molecule is CCn1c2ccccc2c2cccc(-c3ccc(-c4ccc5c6ccccc6c6ccccc6c5c4)o3)c21. The Labute approximate surface area is 220 Å². The zero-order valence-electron chi connectivity index (χ0n) is 21.1. The van der Waals surface area contributed by atoms with Gasteiger partial charge in [-0.3, -0.25) is 0 Å². The van der Waals surface area contributed by atoms with E-state index in [1.165, 1.54) is 54.1 Å². The number of furan rings is 1. The third-order valence-corrected chi connectivity index (χ3v) is 8.01. The predicted octanol–water partition coefficient (Wildman–Crippen LogP) is 10.2. The molecule has 0 amide bonds. The van der Waals surface area contributed by atoms with Crippen LogP contribution in [0.4, 0.5) is 0 Å². The minimum atomic E-state index is 0.885. The zero-order chi connectivity index (χ0) is 25.2. The van der Waals surface area contributed by atoms with Gasteiger partial charge in [0.2, 0.25) is 0 Å². The molecule has 0 bridgehead atoms. The van der Waals surface area contributed by atoms with Crippen molar-refractivity contribution in [1.82, 2.24) is 4.57 Å². The van der Waals surface area contributed by atoms with Crippen LogP contribution in [0.1, 0.15) is 6.92 Å². The van der Waals surface area contributed by atoms with Gasteiger partial charge in [0, 0.05) is 34.0 Å². The minimum absolute atomic E-state index is 0.885. The fourth-order valence-corrected chi connectivity index (χ4v) is 6.33. The molecular weight excluding hydrogens is 462 g/mol. The van der Waals surface area contributed by atoms with Gasteiger partial charge in [-0.25, -0.2) is 0 Å². The molecule has 0 fully saturated rings. The lowest BCUT2D eigenvalue weighted by molar-refractivity contribution is 0.597. The Morgan fingerprint density at radius 1 is 0.500 bits per heavy atom. The van der Waals surface area contributed by atoms with E-state index >= 15 is 0 Å². The summed E-state index contributed by atoms with van der Waals surface area (Å²) in [6, 6.07) is 43.5. The highest BCUT2D eigenvalue weighted by molar-refractivity contribution is 6.25. The molecule has 6 aromatic carbocycles. The predicted molar refractivity (Wildman–Crippen MR) is 161 cm³/mol. The van der Waals surface area contributed by atoms with Crippen LogP contribution in [0.15, 0.2) is 126 Å². The second-order valence-electron chi connectivity index (χ2n) is 9.98. The van der Waals surface area contributed by atoms with Crippen LogP contribution in [-0.4, -0.2) is 4.57 Å². The lowest BCUT2D eigenvalue weighted by Crippen LogP contribution is -1.94. The molecule has 38 heavy (non-hydrogen) atoms. The number of nitrogens with zero attached hydrogens (tertiary/aromatic N) is 1. The van der Waals surface area contributed by atoms with Gasteiger partial charge < -0.3 is 8.98 Å². The Hall–Kier alpha value is -4.82. The van der Waals surface area contributed by atoms with Crippen LogP contribution in [0.5, 0.6) is 0 Å². The summed E-state index contributed by atoms with van der Waals surface area (Å²) in [5.41, 5.74) is 4.71. The number of aromatic nitrogens is 1. The van der Waals surface area contributed by atoms with Crippen molar-refractivity contribution in [3.8, 4) is 22.6 Å². The van der Waals surface area contributed by atoms with Crippen LogP contribution in [0.3, 0.4) is 0 Å². The van der Waals surface area contributed by atoms with Gasteiger partial charge in [-0.15, -0.1) is 0 Å². The first kappa shape index (κ1) is 21.3. The van der Waals surface area contributed by atoms with Crippen molar-refractivity contribution >= 4 is 54.1 Å². The lowest BCUT2D eigenvalue weighted by Gasteiger charge is -2.11. The molecule has 8 rings (SSSR count). The van der Waals surface area contributed by atoms with Gasteiger partial charge in [0.15, 0.2) is 0 Å². The summed E-state index contributed by atoms with van der Waals surface area (Å²) in [5.74, 6) is 1.78. The molecular formula is C36H25NO. The van der Waals surface area contributed by atoms with Gasteiger partial charge in [0.05, 0.1) is 5.52 Å². The summed E-state index contributed by atoms with van der Waals surface area (Å²) < 4.78 is 8.99. The first-order chi connectivity index (χ1) is 18.8. The molecule has 0 unspecified atom stereocenters. The number of para-hydroxylation sites is 2. The second kappa shape index (κ2) is 8.09. The molecule has 2 aromatic heterocycles. The lowest BCUT2D eigenvalue weighted by atomic mass is 9.93. The molecule has 180 valence electrons. The van der Waals surface area contributed by atoms with E-state index in [4.69, 9.17) is 4.42 Å². The molecule has 2 heteroatoms. The van der Waals surface area contributed by atoms with Crippen molar-refractivity contribution in [2.45, 2.75) is 13.5 Å². The van der Waals surface area contributed by atoms with E-state index in [1.807, 2.05) is 0 Å². The standard InChI is InChI=1S/C36H25NO/c1-2-37-33-17-8-7-14-29(33)30-15-9-16-31(36(30)37)35-21-20-34(38-35)23-18-19-28-26-12-4-3-10-24(26)25-11-5-6-13-27(25)32(28)22-23/h3-22H,2H2,1H3. The second-order valence-corrected chi connectivity index (χ2v) is 9.98. The van der Waals surface area contributed by atoms with Crippen LogP contribution < -0.4 is 0 Å². The van der Waals surface area contributed by atoms with Crippen molar-refractivity contribution in [1.29, 1.82) is 0 Å². The van der Waals surface area contributed by atoms with E-state index < -0.39 is 0 Å². The van der Waals surface area contributed by atoms with Crippen LogP contribution in [0.25, 0.3) is 76.8 Å². The molecule has 0 saturated carbocycles.